The summed E-state index contributed by atoms with van der Waals surface area (Å²) in [5, 5.41) is 113. The second-order valence-corrected chi connectivity index (χ2v) is 28.3. The first-order valence-corrected chi connectivity index (χ1v) is 31.0. The van der Waals surface area contributed by atoms with Gasteiger partial charge in [-0.3, -0.25) is 14.4 Å². The number of halogens is 1. The minimum Gasteiger partial charge on any atom is -0.481 e. The number of carboxylic acid groups (broad SMARTS) is 1. The SMILES string of the molecule is CC1O[C@@H](OC2C(O)[C@@H](NC(=O)CCCCCCCCCCC(=O)O)C(CO)O[C@H]2OC(=O)[C@]2(CCC(C)(C)C)C(I)C3=CCC4C5(C)CC[C@H](O)C(C)(C=O)C5CCC4(C)C3(C)C[C@@H]2O)C(O)C(O)[C@H]1O[C@@H]1OC[C@@H](O)C(O)C1O. The number of aliphatic carboxylic acids is 1. The van der Waals surface area contributed by atoms with Crippen LogP contribution in [0.3, 0.4) is 0 Å². The highest BCUT2D eigenvalue weighted by molar-refractivity contribution is 14.1. The highest BCUT2D eigenvalue weighted by atomic mass is 127. The lowest BCUT2D eigenvalue weighted by Gasteiger charge is -2.70. The van der Waals surface area contributed by atoms with Crippen LogP contribution in [0.15, 0.2) is 11.6 Å². The Labute approximate surface area is 490 Å². The number of fused-ring (bicyclic) bond motifs is 5. The Morgan fingerprint density at radius 1 is 0.765 bits per heavy atom. The van der Waals surface area contributed by atoms with Gasteiger partial charge in [-0.15, -0.1) is 0 Å². The van der Waals surface area contributed by atoms with Crippen molar-refractivity contribution in [1.29, 1.82) is 0 Å². The number of hydrogen-bond donors (Lipinski definition) is 11. The van der Waals surface area contributed by atoms with Crippen LogP contribution in [0, 0.1) is 44.3 Å². The lowest BCUT2D eigenvalue weighted by molar-refractivity contribution is -0.369. The molecule has 0 aromatic heterocycles. The van der Waals surface area contributed by atoms with Gasteiger partial charge in [0.2, 0.25) is 12.2 Å². The molecule has 21 nitrogen and oxygen atoms in total. The molecule has 24 atom stereocenters. The molecule has 3 aliphatic heterocycles. The van der Waals surface area contributed by atoms with Crippen molar-refractivity contribution in [3.05, 3.63) is 11.6 Å². The maximum Gasteiger partial charge on any atom is 0.318 e. The fourth-order valence-electron chi connectivity index (χ4n) is 15.5. The van der Waals surface area contributed by atoms with Gasteiger partial charge in [-0.1, -0.05) is 121 Å². The number of carbonyl (C=O) groups is 4. The van der Waals surface area contributed by atoms with Crippen LogP contribution in [-0.2, 0) is 47.6 Å². The maximum atomic E-state index is 15.7. The number of rotatable bonds is 22. The van der Waals surface area contributed by atoms with Gasteiger partial charge in [0.25, 0.3) is 0 Å². The molecule has 15 unspecified atom stereocenters. The topological polar surface area (TPSA) is 338 Å². The van der Waals surface area contributed by atoms with Crippen molar-refractivity contribution >= 4 is 46.7 Å². The van der Waals surface area contributed by atoms with Gasteiger partial charge in [0, 0.05) is 12.8 Å². The number of hydrogen-bond acceptors (Lipinski definition) is 19. The summed E-state index contributed by atoms with van der Waals surface area (Å²) in [6.07, 6.45) is -9.64. The van der Waals surface area contributed by atoms with Crippen molar-refractivity contribution in [2.75, 3.05) is 13.2 Å². The second-order valence-electron chi connectivity index (χ2n) is 27.1. The largest absolute Gasteiger partial charge is 0.481 e. The molecule has 0 radical (unpaired) electrons. The number of allylic oxidation sites excluding steroid dienone is 2. The van der Waals surface area contributed by atoms with Gasteiger partial charge in [0.15, 0.2) is 18.7 Å². The van der Waals surface area contributed by atoms with Crippen molar-refractivity contribution in [2.24, 2.45) is 44.3 Å². The quantitative estimate of drug-likeness (QED) is 0.0183. The Hall–Kier alpha value is -2.01. The van der Waals surface area contributed by atoms with Crippen LogP contribution in [0.25, 0.3) is 0 Å². The second kappa shape index (κ2) is 26.5. The Kier molecular flexibility index (Phi) is 21.8. The highest BCUT2D eigenvalue weighted by Gasteiger charge is 2.71. The van der Waals surface area contributed by atoms with E-state index in [-0.39, 0.29) is 48.3 Å². The Balaban J connectivity index is 1.15. The van der Waals surface area contributed by atoms with Crippen molar-refractivity contribution in [1.82, 2.24) is 5.32 Å². The molecule has 0 spiro atoms. The van der Waals surface area contributed by atoms with E-state index in [1.807, 2.05) is 27.7 Å². The summed E-state index contributed by atoms with van der Waals surface area (Å²) in [5.74, 6) is -2.14. The van der Waals surface area contributed by atoms with E-state index in [1.165, 1.54) is 6.92 Å². The predicted molar refractivity (Wildman–Crippen MR) is 300 cm³/mol. The first kappa shape index (κ1) is 66.5. The zero-order valence-electron chi connectivity index (χ0n) is 48.7. The third-order valence-corrected chi connectivity index (χ3v) is 22.6. The van der Waals surface area contributed by atoms with Gasteiger partial charge in [0.1, 0.15) is 60.5 Å². The summed E-state index contributed by atoms with van der Waals surface area (Å²) < 4.78 is 35.8. The Morgan fingerprint density at radius 2 is 1.38 bits per heavy atom. The monoisotopic (exact) mass is 1270 g/mol. The molecule has 81 heavy (non-hydrogen) atoms. The zero-order valence-corrected chi connectivity index (χ0v) is 50.9. The average Bonchev–Trinajstić information content (AvgIpc) is 3.60. The van der Waals surface area contributed by atoms with Crippen LogP contribution in [0.5, 0.6) is 0 Å². The molecule has 4 aliphatic carbocycles. The van der Waals surface area contributed by atoms with Crippen LogP contribution in [-0.4, -0.2) is 190 Å². The third-order valence-electron chi connectivity index (χ3n) is 20.8. The predicted octanol–water partition coefficient (Wildman–Crippen LogP) is 3.87. The molecule has 0 aromatic rings. The van der Waals surface area contributed by atoms with E-state index in [0.29, 0.717) is 38.5 Å². The molecule has 0 aromatic carbocycles. The van der Waals surface area contributed by atoms with Crippen molar-refractivity contribution < 1.29 is 98.7 Å². The summed E-state index contributed by atoms with van der Waals surface area (Å²) >= 11 is 2.28. The normalized spacial score (nSPS) is 45.4. The van der Waals surface area contributed by atoms with E-state index in [9.17, 15) is 60.3 Å². The van der Waals surface area contributed by atoms with Gasteiger partial charge in [-0.25, -0.2) is 0 Å². The number of carboxylic acids is 1. The number of ether oxygens (including phenoxy) is 6. The lowest BCUT2D eigenvalue weighted by atomic mass is 9.35. The van der Waals surface area contributed by atoms with Crippen molar-refractivity contribution in [3.63, 3.8) is 0 Å². The minimum atomic E-state index is -1.96. The smallest absolute Gasteiger partial charge is 0.318 e. The first-order valence-electron chi connectivity index (χ1n) is 29.8. The van der Waals surface area contributed by atoms with Crippen LogP contribution in [0.2, 0.25) is 0 Å². The first-order chi connectivity index (χ1) is 37.9. The molecule has 3 heterocycles. The van der Waals surface area contributed by atoms with E-state index in [4.69, 9.17) is 33.5 Å². The third kappa shape index (κ3) is 13.2. The Morgan fingerprint density at radius 3 is 2.00 bits per heavy atom. The molecule has 3 saturated heterocycles. The zero-order chi connectivity index (χ0) is 59.8. The number of aliphatic hydroxyl groups is 9. The molecular formula is C59H96INO20. The number of nitrogens with one attached hydrogen (secondary N) is 1. The number of aliphatic hydroxyl groups excluding tert-OH is 9. The molecule has 6 fully saturated rings. The summed E-state index contributed by atoms with van der Waals surface area (Å²) in [4.78, 5) is 53.0. The maximum absolute atomic E-state index is 15.7. The number of aldehydes is 1. The fourth-order valence-corrected chi connectivity index (χ4v) is 17.4. The molecule has 7 aliphatic rings. The number of amides is 1. The molecule has 22 heteroatoms. The number of esters is 1. The fraction of sp³-hybridized carbons (Fsp3) is 0.898. The van der Waals surface area contributed by atoms with Crippen LogP contribution >= 0.6 is 22.6 Å². The average molecular weight is 1270 g/mol. The van der Waals surface area contributed by atoms with E-state index in [2.05, 4.69) is 54.8 Å². The summed E-state index contributed by atoms with van der Waals surface area (Å²) in [7, 11) is 0. The molecule has 1 amide bonds. The van der Waals surface area contributed by atoms with E-state index < -0.39 is 155 Å². The number of carbonyl (C=O) groups excluding carboxylic acids is 3. The molecule has 464 valence electrons. The van der Waals surface area contributed by atoms with Gasteiger partial charge in [0.05, 0.1) is 46.9 Å². The van der Waals surface area contributed by atoms with Crippen molar-refractivity contribution in [3.8, 4) is 0 Å². The van der Waals surface area contributed by atoms with Gasteiger partial charge >= 0.3 is 11.9 Å². The summed E-state index contributed by atoms with van der Waals surface area (Å²) in [6, 6.07) is -1.37. The van der Waals surface area contributed by atoms with E-state index >= 15 is 4.79 Å². The van der Waals surface area contributed by atoms with Gasteiger partial charge < -0.3 is 89.6 Å². The highest BCUT2D eigenvalue weighted by Crippen LogP contribution is 2.74. The summed E-state index contributed by atoms with van der Waals surface area (Å²) in [5.41, 5.74) is -3.21. The molecule has 7 rings (SSSR count). The van der Waals surface area contributed by atoms with E-state index in [1.54, 1.807) is 0 Å². The van der Waals surface area contributed by atoms with Crippen LogP contribution < -0.4 is 5.32 Å². The molecule has 3 saturated carbocycles. The van der Waals surface area contributed by atoms with Gasteiger partial charge in [-0.05, 0) is 105 Å². The Bertz CT molecular complexity index is 2200. The standard InChI is InChI=1S/C59H96INO20/c1-31-47(79-50-45(73)42(70)33(64)29-76-50)44(72)46(74)51(77-31)80-48-43(71)41(61-39(67)17-15-13-11-9-10-12-14-16-18-40(68)69)34(28-62)78-52(48)81-53(75)59(26-25-54(2,3)4)38(66)27-58(8)32(49(59)60)19-20-36-55(5)23-22-37(65)56(6,30-63)35(55)21-24-57(36,58)7/h19,30-31,33-38,41-52,62,64-66,70-74H,9-18,20-29H2,1-8H3,(H,61,67)(H,68,69)/t31?,33-,34?,35?,36?,37+,38+,41+,42?,43?,44?,45?,46?,47+,48?,49?,50+,51+,52+,55?,56?,57?,58?,59+/m1/s1. The summed E-state index contributed by atoms with van der Waals surface area (Å²) in [6.45, 7) is 15.0. The lowest BCUT2D eigenvalue weighted by Crippen LogP contribution is -2.69. The van der Waals surface area contributed by atoms with E-state index in [0.717, 1.165) is 63.2 Å². The molecule has 11 N–H and O–H groups in total. The minimum absolute atomic E-state index is 0.0513. The number of alkyl halides is 1. The number of unbranched alkanes of at least 4 members (excludes halogenated alkanes) is 7. The van der Waals surface area contributed by atoms with Gasteiger partial charge in [-0.2, -0.15) is 0 Å². The van der Waals surface area contributed by atoms with Crippen molar-refractivity contribution in [2.45, 2.75) is 273 Å². The van der Waals surface area contributed by atoms with Crippen LogP contribution in [0.1, 0.15) is 171 Å². The molecule has 0 bridgehead atoms. The molecular weight excluding hydrogens is 1170 g/mol. The van der Waals surface area contributed by atoms with Crippen LogP contribution in [0.4, 0.5) is 0 Å².